The van der Waals surface area contributed by atoms with E-state index in [4.69, 9.17) is 0 Å². The van der Waals surface area contributed by atoms with Gasteiger partial charge in [0.15, 0.2) is 0 Å². The van der Waals surface area contributed by atoms with Crippen LogP contribution in [0.3, 0.4) is 0 Å². The first-order chi connectivity index (χ1) is 8.34. The predicted molar refractivity (Wildman–Crippen MR) is 68.2 cm³/mol. The van der Waals surface area contributed by atoms with Gasteiger partial charge in [0.25, 0.3) is 0 Å². The molecule has 1 N–H and O–H groups in total. The van der Waals surface area contributed by atoms with Crippen LogP contribution in [0.2, 0.25) is 0 Å². The smallest absolute Gasteiger partial charge is 0.150 e. The van der Waals surface area contributed by atoms with Crippen molar-refractivity contribution in [1.82, 2.24) is 15.3 Å². The highest BCUT2D eigenvalue weighted by Gasteiger charge is 2.29. The number of aryl methyl sites for hydroxylation is 1. The molecular formula is C13H20N4. The van der Waals surface area contributed by atoms with Gasteiger partial charge in [-0.25, -0.2) is 4.98 Å². The van der Waals surface area contributed by atoms with Crippen LogP contribution in [0.1, 0.15) is 31.4 Å². The zero-order valence-electron chi connectivity index (χ0n) is 10.4. The molecule has 0 spiro atoms. The lowest BCUT2D eigenvalue weighted by atomic mass is 10.2. The molecule has 2 aliphatic rings. The van der Waals surface area contributed by atoms with E-state index < -0.39 is 0 Å². The van der Waals surface area contributed by atoms with Gasteiger partial charge < -0.3 is 10.2 Å². The van der Waals surface area contributed by atoms with Crippen LogP contribution in [-0.4, -0.2) is 35.1 Å². The molecule has 92 valence electrons. The van der Waals surface area contributed by atoms with Crippen molar-refractivity contribution in [2.75, 3.05) is 18.0 Å². The number of nitrogens with one attached hydrogen (secondary N) is 1. The number of anilines is 1. The minimum absolute atomic E-state index is 0.603. The Labute approximate surface area is 102 Å². The van der Waals surface area contributed by atoms with Crippen LogP contribution in [0.5, 0.6) is 0 Å². The molecule has 2 heterocycles. The second-order valence-corrected chi connectivity index (χ2v) is 5.14. The standard InChI is InChI=1S/C13H20N4/c1-10-13(15-7-6-14-10)17-8-2-3-12(17)9-16-11-4-5-11/h6-7,11-12,16H,2-5,8-9H2,1H3. The number of aromatic nitrogens is 2. The first kappa shape index (κ1) is 11.0. The SMILES string of the molecule is Cc1nccnc1N1CCCC1CNC1CC1. The Kier molecular flexibility index (Phi) is 2.97. The molecule has 1 saturated heterocycles. The summed E-state index contributed by atoms with van der Waals surface area (Å²) in [6, 6.07) is 1.39. The fourth-order valence-corrected chi connectivity index (χ4v) is 2.60. The highest BCUT2D eigenvalue weighted by atomic mass is 15.3. The monoisotopic (exact) mass is 232 g/mol. The normalized spacial score (nSPS) is 24.3. The van der Waals surface area contributed by atoms with E-state index in [0.717, 1.165) is 30.6 Å². The summed E-state index contributed by atoms with van der Waals surface area (Å²) in [4.78, 5) is 11.3. The average Bonchev–Trinajstić information content (AvgIpc) is 3.06. The van der Waals surface area contributed by atoms with Gasteiger partial charge in [0.2, 0.25) is 0 Å². The quantitative estimate of drug-likeness (QED) is 0.854. The van der Waals surface area contributed by atoms with Crippen LogP contribution in [0.4, 0.5) is 5.82 Å². The molecule has 0 aromatic carbocycles. The molecule has 3 rings (SSSR count). The highest BCUT2D eigenvalue weighted by Crippen LogP contribution is 2.26. The van der Waals surface area contributed by atoms with Gasteiger partial charge in [-0.2, -0.15) is 0 Å². The van der Waals surface area contributed by atoms with Crippen molar-refractivity contribution in [3.05, 3.63) is 18.1 Å². The maximum absolute atomic E-state index is 4.49. The Bertz CT molecular complexity index is 389. The van der Waals surface area contributed by atoms with E-state index in [9.17, 15) is 0 Å². The summed E-state index contributed by atoms with van der Waals surface area (Å²) in [5, 5.41) is 3.63. The van der Waals surface area contributed by atoms with Gasteiger partial charge in [0.05, 0.1) is 5.69 Å². The molecule has 2 fully saturated rings. The second-order valence-electron chi connectivity index (χ2n) is 5.14. The minimum Gasteiger partial charge on any atom is -0.351 e. The van der Waals surface area contributed by atoms with Gasteiger partial charge in [-0.05, 0) is 32.6 Å². The molecule has 1 atom stereocenters. The third-order valence-corrected chi connectivity index (χ3v) is 3.72. The summed E-state index contributed by atoms with van der Waals surface area (Å²) in [6.45, 7) is 4.27. The summed E-state index contributed by atoms with van der Waals surface area (Å²) in [5.74, 6) is 1.08. The van der Waals surface area contributed by atoms with Crippen molar-refractivity contribution in [3.8, 4) is 0 Å². The van der Waals surface area contributed by atoms with Gasteiger partial charge in [0.1, 0.15) is 5.82 Å². The first-order valence-electron chi connectivity index (χ1n) is 6.62. The van der Waals surface area contributed by atoms with Crippen molar-refractivity contribution in [3.63, 3.8) is 0 Å². The molecule has 1 aliphatic carbocycles. The fraction of sp³-hybridized carbons (Fsp3) is 0.692. The molecule has 0 amide bonds. The Morgan fingerprint density at radius 2 is 2.12 bits per heavy atom. The van der Waals surface area contributed by atoms with Gasteiger partial charge >= 0.3 is 0 Å². The number of hydrogen-bond acceptors (Lipinski definition) is 4. The summed E-state index contributed by atoms with van der Waals surface area (Å²) >= 11 is 0. The van der Waals surface area contributed by atoms with Crippen molar-refractivity contribution >= 4 is 5.82 Å². The number of rotatable bonds is 4. The topological polar surface area (TPSA) is 41.1 Å². The molecule has 4 heteroatoms. The van der Waals surface area contributed by atoms with E-state index in [1.807, 2.05) is 6.92 Å². The number of hydrogen-bond donors (Lipinski definition) is 1. The van der Waals surface area contributed by atoms with Gasteiger partial charge in [-0.3, -0.25) is 4.98 Å². The van der Waals surface area contributed by atoms with Crippen LogP contribution in [0, 0.1) is 6.92 Å². The molecule has 1 unspecified atom stereocenters. The number of nitrogens with zero attached hydrogens (tertiary/aromatic N) is 3. The third-order valence-electron chi connectivity index (χ3n) is 3.72. The summed E-state index contributed by atoms with van der Waals surface area (Å²) in [6.07, 6.45) is 8.83. The van der Waals surface area contributed by atoms with E-state index in [2.05, 4.69) is 20.2 Å². The molecule has 1 aromatic heterocycles. The Balaban J connectivity index is 1.69. The molecule has 1 aromatic rings. The lowest BCUT2D eigenvalue weighted by molar-refractivity contribution is 0.567. The van der Waals surface area contributed by atoms with Crippen LogP contribution in [0.25, 0.3) is 0 Å². The van der Waals surface area contributed by atoms with E-state index in [0.29, 0.717) is 6.04 Å². The van der Waals surface area contributed by atoms with Crippen molar-refractivity contribution in [1.29, 1.82) is 0 Å². The maximum atomic E-state index is 4.49. The van der Waals surface area contributed by atoms with E-state index in [1.54, 1.807) is 12.4 Å². The zero-order chi connectivity index (χ0) is 11.7. The highest BCUT2D eigenvalue weighted by molar-refractivity contribution is 5.44. The molecule has 4 nitrogen and oxygen atoms in total. The average molecular weight is 232 g/mol. The van der Waals surface area contributed by atoms with Crippen LogP contribution >= 0.6 is 0 Å². The molecule has 17 heavy (non-hydrogen) atoms. The molecule has 1 aliphatic heterocycles. The van der Waals surface area contributed by atoms with E-state index >= 15 is 0 Å². The van der Waals surface area contributed by atoms with Crippen molar-refractivity contribution < 1.29 is 0 Å². The minimum atomic E-state index is 0.603. The second kappa shape index (κ2) is 4.61. The van der Waals surface area contributed by atoms with Gasteiger partial charge in [-0.15, -0.1) is 0 Å². The Morgan fingerprint density at radius 1 is 1.29 bits per heavy atom. The zero-order valence-corrected chi connectivity index (χ0v) is 10.4. The summed E-state index contributed by atoms with van der Waals surface area (Å²) < 4.78 is 0. The fourth-order valence-electron chi connectivity index (χ4n) is 2.60. The molecule has 1 saturated carbocycles. The third kappa shape index (κ3) is 2.41. The van der Waals surface area contributed by atoms with E-state index in [-0.39, 0.29) is 0 Å². The largest absolute Gasteiger partial charge is 0.351 e. The van der Waals surface area contributed by atoms with E-state index in [1.165, 1.54) is 25.7 Å². The van der Waals surface area contributed by atoms with Crippen molar-refractivity contribution in [2.45, 2.75) is 44.7 Å². The van der Waals surface area contributed by atoms with Crippen LogP contribution in [-0.2, 0) is 0 Å². The summed E-state index contributed by atoms with van der Waals surface area (Å²) in [7, 11) is 0. The maximum Gasteiger partial charge on any atom is 0.150 e. The predicted octanol–water partition coefficient (Wildman–Crippen LogP) is 1.51. The van der Waals surface area contributed by atoms with Crippen LogP contribution < -0.4 is 10.2 Å². The van der Waals surface area contributed by atoms with Gasteiger partial charge in [-0.1, -0.05) is 0 Å². The lowest BCUT2D eigenvalue weighted by Crippen LogP contribution is -2.39. The molecular weight excluding hydrogens is 212 g/mol. The first-order valence-corrected chi connectivity index (χ1v) is 6.62. The summed E-state index contributed by atoms with van der Waals surface area (Å²) in [5.41, 5.74) is 1.05. The molecule has 0 bridgehead atoms. The lowest BCUT2D eigenvalue weighted by Gasteiger charge is -2.26. The van der Waals surface area contributed by atoms with Crippen molar-refractivity contribution in [2.24, 2.45) is 0 Å². The Morgan fingerprint density at radius 3 is 2.88 bits per heavy atom. The van der Waals surface area contributed by atoms with Crippen LogP contribution in [0.15, 0.2) is 12.4 Å². The van der Waals surface area contributed by atoms with Gasteiger partial charge in [0, 0.05) is 37.6 Å². The molecule has 0 radical (unpaired) electrons. The Hall–Kier alpha value is -1.16.